The molecule has 0 spiro atoms. The Hall–Kier alpha value is -1.76. The minimum absolute atomic E-state index is 0.278. The number of methoxy groups -OCH3 is 1. The van der Waals surface area contributed by atoms with Crippen LogP contribution in [0.1, 0.15) is 12.3 Å². The second kappa shape index (κ2) is 7.42. The van der Waals surface area contributed by atoms with E-state index in [1.165, 1.54) is 12.1 Å². The second-order valence-electron chi connectivity index (χ2n) is 6.51. The first-order valence-corrected chi connectivity index (χ1v) is 8.17. The Morgan fingerprint density at radius 1 is 1.46 bits per heavy atom. The number of hydrogen-bond acceptors (Lipinski definition) is 5. The molecule has 2 aromatic rings. The quantitative estimate of drug-likeness (QED) is 0.813. The van der Waals surface area contributed by atoms with Crippen molar-refractivity contribution in [3.8, 4) is 11.3 Å². The van der Waals surface area contributed by atoms with Crippen LogP contribution in [0.4, 0.5) is 4.39 Å². The van der Waals surface area contributed by atoms with Crippen molar-refractivity contribution >= 4 is 0 Å². The predicted molar refractivity (Wildman–Crippen MR) is 90.1 cm³/mol. The fraction of sp³-hybridized carbons (Fsp3) is 0.500. The topological polar surface area (TPSA) is 41.7 Å². The summed E-state index contributed by atoms with van der Waals surface area (Å²) in [5.74, 6) is 0.954. The Morgan fingerprint density at radius 2 is 2.29 bits per heavy atom. The summed E-state index contributed by atoms with van der Waals surface area (Å²) in [7, 11) is 5.95. The van der Waals surface area contributed by atoms with E-state index in [4.69, 9.17) is 9.15 Å². The van der Waals surface area contributed by atoms with Gasteiger partial charge in [-0.05, 0) is 32.6 Å². The molecule has 5 nitrogen and oxygen atoms in total. The number of likely N-dealkylation sites (N-methyl/N-ethyl adjacent to an activating group) is 2. The van der Waals surface area contributed by atoms with E-state index >= 15 is 0 Å². The van der Waals surface area contributed by atoms with Crippen molar-refractivity contribution in [1.29, 1.82) is 0 Å². The average Bonchev–Trinajstić information content (AvgIpc) is 3.14. The third-order valence-electron chi connectivity index (χ3n) is 4.57. The zero-order chi connectivity index (χ0) is 17.1. The summed E-state index contributed by atoms with van der Waals surface area (Å²) in [4.78, 5) is 8.84. The van der Waals surface area contributed by atoms with Crippen LogP contribution in [0, 0.1) is 5.82 Å². The molecule has 2 atom stereocenters. The Bertz CT molecular complexity index is 676. The van der Waals surface area contributed by atoms with Gasteiger partial charge in [-0.15, -0.1) is 0 Å². The number of likely N-dealkylation sites (tertiary alicyclic amines) is 1. The molecule has 3 rings (SSSR count). The highest BCUT2D eigenvalue weighted by Crippen LogP contribution is 2.22. The van der Waals surface area contributed by atoms with Crippen molar-refractivity contribution in [3.05, 3.63) is 42.2 Å². The van der Waals surface area contributed by atoms with Crippen LogP contribution in [-0.4, -0.2) is 61.2 Å². The van der Waals surface area contributed by atoms with E-state index in [0.717, 1.165) is 19.5 Å². The Morgan fingerprint density at radius 3 is 3.00 bits per heavy atom. The summed E-state index contributed by atoms with van der Waals surface area (Å²) >= 11 is 0. The molecule has 0 saturated carbocycles. The summed E-state index contributed by atoms with van der Waals surface area (Å²) in [5.41, 5.74) is 0.704. The molecule has 6 heteroatoms. The smallest absolute Gasteiger partial charge is 0.209 e. The highest BCUT2D eigenvalue weighted by atomic mass is 19.1. The molecule has 0 aliphatic carbocycles. The number of hydrogen-bond donors (Lipinski definition) is 0. The van der Waals surface area contributed by atoms with Crippen LogP contribution in [0.5, 0.6) is 0 Å². The van der Waals surface area contributed by atoms with Gasteiger partial charge in [-0.2, -0.15) is 0 Å². The third kappa shape index (κ3) is 4.01. The van der Waals surface area contributed by atoms with Gasteiger partial charge in [-0.3, -0.25) is 9.80 Å². The van der Waals surface area contributed by atoms with Crippen LogP contribution in [0.15, 0.2) is 34.9 Å². The lowest BCUT2D eigenvalue weighted by Gasteiger charge is -2.24. The van der Waals surface area contributed by atoms with Crippen LogP contribution in [0.2, 0.25) is 0 Å². The van der Waals surface area contributed by atoms with Gasteiger partial charge in [0.2, 0.25) is 5.89 Å². The molecule has 0 bridgehead atoms. The second-order valence-corrected chi connectivity index (χ2v) is 6.51. The molecular weight excluding hydrogens is 309 g/mol. The van der Waals surface area contributed by atoms with Crippen LogP contribution >= 0.6 is 0 Å². The van der Waals surface area contributed by atoms with E-state index in [1.807, 2.05) is 6.07 Å². The molecular formula is C18H24FN3O2. The molecule has 0 radical (unpaired) electrons. The van der Waals surface area contributed by atoms with E-state index in [0.29, 0.717) is 35.9 Å². The fourth-order valence-electron chi connectivity index (χ4n) is 3.23. The largest absolute Gasteiger partial charge is 0.439 e. The van der Waals surface area contributed by atoms with Crippen molar-refractivity contribution in [2.24, 2.45) is 0 Å². The lowest BCUT2D eigenvalue weighted by Crippen LogP contribution is -2.36. The predicted octanol–water partition coefficient (Wildman–Crippen LogP) is 2.63. The summed E-state index contributed by atoms with van der Waals surface area (Å²) in [6.45, 7) is 2.52. The zero-order valence-corrected chi connectivity index (χ0v) is 14.4. The zero-order valence-electron chi connectivity index (χ0n) is 14.4. The lowest BCUT2D eigenvalue weighted by atomic mass is 10.2. The van der Waals surface area contributed by atoms with Gasteiger partial charge in [0.1, 0.15) is 5.82 Å². The average molecular weight is 333 g/mol. The molecule has 1 aromatic carbocycles. The molecule has 1 aliphatic rings. The minimum atomic E-state index is -0.278. The Balaban J connectivity index is 1.58. The summed E-state index contributed by atoms with van der Waals surface area (Å²) in [5, 5.41) is 0. The first kappa shape index (κ1) is 17.1. The first-order valence-electron chi connectivity index (χ1n) is 8.17. The molecule has 1 aromatic heterocycles. The van der Waals surface area contributed by atoms with Crippen molar-refractivity contribution < 1.29 is 13.5 Å². The van der Waals surface area contributed by atoms with Gasteiger partial charge >= 0.3 is 0 Å². The van der Waals surface area contributed by atoms with Gasteiger partial charge in [-0.25, -0.2) is 9.37 Å². The normalized spacial score (nSPS) is 21.7. The van der Waals surface area contributed by atoms with E-state index < -0.39 is 0 Å². The van der Waals surface area contributed by atoms with Gasteiger partial charge in [0.05, 0.1) is 18.8 Å². The van der Waals surface area contributed by atoms with Gasteiger partial charge < -0.3 is 9.15 Å². The number of oxazole rings is 1. The standard InChI is InChI=1S/C18H24FN3O2/c1-21(10-15-8-16(23-3)11-22(15)2)12-18-20-9-17(24-18)13-5-4-6-14(19)7-13/h4-7,9,15-16H,8,10-12H2,1-3H3/t15-,16-/m0/s1. The van der Waals surface area contributed by atoms with Crippen molar-refractivity contribution in [3.63, 3.8) is 0 Å². The first-order chi connectivity index (χ1) is 11.5. The SMILES string of the molecule is CO[C@H]1C[C@@H](CN(C)Cc2ncc(-c3cccc(F)c3)o2)N(C)C1. The number of aromatic nitrogens is 1. The molecule has 1 saturated heterocycles. The molecule has 2 heterocycles. The van der Waals surface area contributed by atoms with Gasteiger partial charge in [0.15, 0.2) is 5.76 Å². The molecule has 0 N–H and O–H groups in total. The number of ether oxygens (including phenoxy) is 1. The van der Waals surface area contributed by atoms with Gasteiger partial charge in [0.25, 0.3) is 0 Å². The van der Waals surface area contributed by atoms with Gasteiger partial charge in [0, 0.05) is 31.8 Å². The van der Waals surface area contributed by atoms with Crippen LogP contribution < -0.4 is 0 Å². The van der Waals surface area contributed by atoms with E-state index in [-0.39, 0.29) is 5.82 Å². The van der Waals surface area contributed by atoms with Gasteiger partial charge in [-0.1, -0.05) is 12.1 Å². The summed E-state index contributed by atoms with van der Waals surface area (Å²) < 4.78 is 24.5. The molecule has 0 unspecified atom stereocenters. The van der Waals surface area contributed by atoms with Crippen molar-refractivity contribution in [2.45, 2.75) is 25.1 Å². The van der Waals surface area contributed by atoms with E-state index in [1.54, 1.807) is 19.4 Å². The van der Waals surface area contributed by atoms with Crippen molar-refractivity contribution in [1.82, 2.24) is 14.8 Å². The molecule has 0 amide bonds. The maximum Gasteiger partial charge on any atom is 0.209 e. The highest BCUT2D eigenvalue weighted by molar-refractivity contribution is 5.56. The highest BCUT2D eigenvalue weighted by Gasteiger charge is 2.30. The lowest BCUT2D eigenvalue weighted by molar-refractivity contribution is 0.111. The fourth-order valence-corrected chi connectivity index (χ4v) is 3.23. The monoisotopic (exact) mass is 333 g/mol. The minimum Gasteiger partial charge on any atom is -0.439 e. The maximum absolute atomic E-state index is 13.3. The van der Waals surface area contributed by atoms with Crippen molar-refractivity contribution in [2.75, 3.05) is 34.3 Å². The number of halogens is 1. The number of benzene rings is 1. The van der Waals surface area contributed by atoms with Crippen LogP contribution in [0.25, 0.3) is 11.3 Å². The number of rotatable bonds is 6. The Kier molecular flexibility index (Phi) is 5.28. The summed E-state index contributed by atoms with van der Waals surface area (Å²) in [6.07, 6.45) is 3.01. The van der Waals surface area contributed by atoms with Crippen LogP contribution in [0.3, 0.4) is 0 Å². The Labute approximate surface area is 142 Å². The molecule has 24 heavy (non-hydrogen) atoms. The number of nitrogens with zero attached hydrogens (tertiary/aromatic N) is 3. The van der Waals surface area contributed by atoms with E-state index in [2.05, 4.69) is 28.9 Å². The molecule has 1 aliphatic heterocycles. The molecule has 1 fully saturated rings. The third-order valence-corrected chi connectivity index (χ3v) is 4.57. The summed E-state index contributed by atoms with van der Waals surface area (Å²) in [6, 6.07) is 6.82. The van der Waals surface area contributed by atoms with Crippen LogP contribution in [-0.2, 0) is 11.3 Å². The maximum atomic E-state index is 13.3. The molecule has 130 valence electrons. The van der Waals surface area contributed by atoms with E-state index in [9.17, 15) is 4.39 Å².